The van der Waals surface area contributed by atoms with E-state index in [9.17, 15) is 0 Å². The third kappa shape index (κ3) is 3.24. The third-order valence-corrected chi connectivity index (χ3v) is 5.64. The highest BCUT2D eigenvalue weighted by Crippen LogP contribution is 2.33. The van der Waals surface area contributed by atoms with Crippen molar-refractivity contribution in [3.05, 3.63) is 29.8 Å². The minimum absolute atomic E-state index is 0.499. The fraction of sp³-hybridized carbons (Fsp3) is 0.476. The van der Waals surface area contributed by atoms with Crippen molar-refractivity contribution in [3.63, 3.8) is 0 Å². The lowest BCUT2D eigenvalue weighted by molar-refractivity contribution is 0.435. The van der Waals surface area contributed by atoms with Gasteiger partial charge < -0.3 is 10.6 Å². The molecule has 1 saturated heterocycles. The van der Waals surface area contributed by atoms with Crippen LogP contribution in [0.2, 0.25) is 0 Å². The molecule has 6 nitrogen and oxygen atoms in total. The maximum atomic E-state index is 6.31. The number of nitrogens with zero attached hydrogens (tertiary/aromatic N) is 5. The Labute approximate surface area is 160 Å². The predicted molar refractivity (Wildman–Crippen MR) is 111 cm³/mol. The van der Waals surface area contributed by atoms with E-state index in [2.05, 4.69) is 55.0 Å². The second-order valence-electron chi connectivity index (χ2n) is 8.03. The number of anilines is 2. The summed E-state index contributed by atoms with van der Waals surface area (Å²) in [5, 5.41) is 5.37. The summed E-state index contributed by atoms with van der Waals surface area (Å²) < 4.78 is 1.69. The van der Waals surface area contributed by atoms with Crippen molar-refractivity contribution in [1.82, 2.24) is 19.7 Å². The Bertz CT molecular complexity index is 949. The zero-order valence-corrected chi connectivity index (χ0v) is 16.6. The van der Waals surface area contributed by atoms with E-state index in [1.165, 1.54) is 18.4 Å². The van der Waals surface area contributed by atoms with Crippen molar-refractivity contribution in [2.75, 3.05) is 23.7 Å². The van der Waals surface area contributed by atoms with Crippen LogP contribution in [0.25, 0.3) is 22.3 Å². The summed E-state index contributed by atoms with van der Waals surface area (Å²) in [4.78, 5) is 12.0. The molecule has 1 fully saturated rings. The molecule has 0 saturated carbocycles. The van der Waals surface area contributed by atoms with Gasteiger partial charge in [-0.3, -0.25) is 4.68 Å². The lowest BCUT2D eigenvalue weighted by Crippen LogP contribution is -2.34. The van der Waals surface area contributed by atoms with Crippen LogP contribution in [0.15, 0.2) is 24.3 Å². The maximum Gasteiger partial charge on any atom is 0.228 e. The number of aromatic nitrogens is 4. The highest BCUT2D eigenvalue weighted by atomic mass is 15.3. The Morgan fingerprint density at radius 1 is 1.07 bits per heavy atom. The number of aryl methyl sites for hydroxylation is 1. The first kappa shape index (κ1) is 17.8. The molecular weight excluding hydrogens is 336 g/mol. The van der Waals surface area contributed by atoms with Crippen molar-refractivity contribution >= 4 is 22.8 Å². The fourth-order valence-electron chi connectivity index (χ4n) is 3.69. The average Bonchev–Trinajstić information content (AvgIpc) is 2.96. The zero-order chi connectivity index (χ0) is 19.1. The Kier molecular flexibility index (Phi) is 4.50. The van der Waals surface area contributed by atoms with E-state index < -0.39 is 0 Å². The molecule has 3 aromatic rings. The molecule has 1 aromatic carbocycles. The first-order chi connectivity index (χ1) is 12.9. The third-order valence-electron chi connectivity index (χ3n) is 5.64. The normalized spacial score (nSPS) is 15.8. The summed E-state index contributed by atoms with van der Waals surface area (Å²) in [6.45, 7) is 8.68. The molecule has 0 unspecified atom stereocenters. The number of piperidine rings is 1. The second-order valence-corrected chi connectivity index (χ2v) is 8.03. The van der Waals surface area contributed by atoms with Gasteiger partial charge in [0.15, 0.2) is 5.65 Å². The minimum Gasteiger partial charge on any atom is -0.383 e. The van der Waals surface area contributed by atoms with Gasteiger partial charge in [0.25, 0.3) is 0 Å². The van der Waals surface area contributed by atoms with Gasteiger partial charge in [-0.15, -0.1) is 0 Å². The summed E-state index contributed by atoms with van der Waals surface area (Å²) in [5.41, 5.74) is 10.2. The molecule has 0 amide bonds. The molecule has 142 valence electrons. The van der Waals surface area contributed by atoms with Crippen molar-refractivity contribution < 1.29 is 0 Å². The van der Waals surface area contributed by atoms with Crippen molar-refractivity contribution in [1.29, 1.82) is 0 Å². The molecule has 0 radical (unpaired) electrons. The first-order valence-electron chi connectivity index (χ1n) is 9.79. The number of rotatable bonds is 3. The lowest BCUT2D eigenvalue weighted by Gasteiger charge is -2.30. The summed E-state index contributed by atoms with van der Waals surface area (Å²) in [6.07, 6.45) is 2.34. The summed E-state index contributed by atoms with van der Waals surface area (Å²) >= 11 is 0. The predicted octanol–water partition coefficient (Wildman–Crippen LogP) is 3.97. The van der Waals surface area contributed by atoms with E-state index in [0.29, 0.717) is 17.4 Å². The largest absolute Gasteiger partial charge is 0.383 e. The van der Waals surface area contributed by atoms with E-state index in [1.54, 1.807) is 4.68 Å². The van der Waals surface area contributed by atoms with Crippen molar-refractivity contribution in [2.45, 2.75) is 39.5 Å². The topological polar surface area (TPSA) is 72.9 Å². The highest BCUT2D eigenvalue weighted by Gasteiger charge is 2.22. The van der Waals surface area contributed by atoms with Gasteiger partial charge >= 0.3 is 0 Å². The quantitative estimate of drug-likeness (QED) is 0.761. The van der Waals surface area contributed by atoms with E-state index in [1.807, 2.05) is 7.05 Å². The number of hydrogen-bond acceptors (Lipinski definition) is 5. The Balaban J connectivity index is 1.84. The first-order valence-corrected chi connectivity index (χ1v) is 9.79. The SMILES string of the molecule is CC1CCN(c2nc(-c3ccc(C(C)C)cc3)c3c(N)n(C)nc3n2)CC1. The smallest absolute Gasteiger partial charge is 0.228 e. The van der Waals surface area contributed by atoms with Crippen LogP contribution >= 0.6 is 0 Å². The molecule has 3 heterocycles. The lowest BCUT2D eigenvalue weighted by atomic mass is 9.99. The van der Waals surface area contributed by atoms with Gasteiger partial charge in [-0.2, -0.15) is 10.1 Å². The van der Waals surface area contributed by atoms with Crippen LogP contribution < -0.4 is 10.6 Å². The molecule has 2 N–H and O–H groups in total. The Morgan fingerprint density at radius 2 is 1.74 bits per heavy atom. The van der Waals surface area contributed by atoms with Crippen LogP contribution in [0.1, 0.15) is 45.1 Å². The maximum absolute atomic E-state index is 6.31. The van der Waals surface area contributed by atoms with E-state index >= 15 is 0 Å². The zero-order valence-electron chi connectivity index (χ0n) is 16.6. The minimum atomic E-state index is 0.499. The second kappa shape index (κ2) is 6.83. The van der Waals surface area contributed by atoms with Crippen LogP contribution in [-0.2, 0) is 7.05 Å². The van der Waals surface area contributed by atoms with Gasteiger partial charge in [0.1, 0.15) is 5.82 Å². The van der Waals surface area contributed by atoms with Gasteiger partial charge in [0.2, 0.25) is 5.95 Å². The van der Waals surface area contributed by atoms with Crippen LogP contribution in [0.3, 0.4) is 0 Å². The van der Waals surface area contributed by atoms with Crippen LogP contribution in [0.4, 0.5) is 11.8 Å². The Hall–Kier alpha value is -2.63. The van der Waals surface area contributed by atoms with Crippen LogP contribution in [0.5, 0.6) is 0 Å². The number of nitrogen functional groups attached to an aromatic ring is 1. The molecule has 4 rings (SSSR count). The van der Waals surface area contributed by atoms with Crippen molar-refractivity contribution in [2.24, 2.45) is 13.0 Å². The van der Waals surface area contributed by atoms with Crippen LogP contribution in [0, 0.1) is 5.92 Å². The molecule has 2 aromatic heterocycles. The summed E-state index contributed by atoms with van der Waals surface area (Å²) in [7, 11) is 1.85. The molecular formula is C21H28N6. The molecule has 0 aliphatic carbocycles. The summed E-state index contributed by atoms with van der Waals surface area (Å²) in [5.74, 6) is 2.62. The van der Waals surface area contributed by atoms with Gasteiger partial charge in [-0.1, -0.05) is 45.0 Å². The van der Waals surface area contributed by atoms with Gasteiger partial charge in [0, 0.05) is 25.7 Å². The molecule has 0 bridgehead atoms. The van der Waals surface area contributed by atoms with Gasteiger partial charge in [0.05, 0.1) is 11.1 Å². The molecule has 27 heavy (non-hydrogen) atoms. The highest BCUT2D eigenvalue weighted by molar-refractivity contribution is 5.98. The van der Waals surface area contributed by atoms with E-state index in [4.69, 9.17) is 15.7 Å². The monoisotopic (exact) mass is 364 g/mol. The van der Waals surface area contributed by atoms with E-state index in [-0.39, 0.29) is 0 Å². The molecule has 1 aliphatic rings. The Morgan fingerprint density at radius 3 is 2.37 bits per heavy atom. The van der Waals surface area contributed by atoms with Crippen molar-refractivity contribution in [3.8, 4) is 11.3 Å². The number of fused-ring (bicyclic) bond motifs is 1. The van der Waals surface area contributed by atoms with E-state index in [0.717, 1.165) is 41.6 Å². The van der Waals surface area contributed by atoms with Gasteiger partial charge in [-0.05, 0) is 30.2 Å². The molecule has 1 aliphatic heterocycles. The van der Waals surface area contributed by atoms with Gasteiger partial charge in [-0.25, -0.2) is 4.98 Å². The molecule has 0 atom stereocenters. The fourth-order valence-corrected chi connectivity index (χ4v) is 3.69. The molecule has 0 spiro atoms. The molecule has 6 heteroatoms. The number of nitrogens with two attached hydrogens (primary N) is 1. The average molecular weight is 364 g/mol. The summed E-state index contributed by atoms with van der Waals surface area (Å²) in [6, 6.07) is 8.60. The number of benzene rings is 1. The van der Waals surface area contributed by atoms with Crippen LogP contribution in [-0.4, -0.2) is 32.8 Å². The standard InChI is InChI=1S/C21H28N6/c1-13(2)15-5-7-16(8-6-15)18-17-19(22)26(4)25-20(17)24-21(23-18)27-11-9-14(3)10-12-27/h5-8,13-14H,9-12,22H2,1-4H3. The number of hydrogen-bond donors (Lipinski definition) is 1.